The smallest absolute Gasteiger partial charge is 0.357 e. The zero-order valence-electron chi connectivity index (χ0n) is 18.8. The number of aryl methyl sites for hydroxylation is 2. The predicted molar refractivity (Wildman–Crippen MR) is 123 cm³/mol. The number of esters is 1. The molecule has 0 atom stereocenters. The summed E-state index contributed by atoms with van der Waals surface area (Å²) < 4.78 is 5.14. The van der Waals surface area contributed by atoms with Gasteiger partial charge in [0.05, 0.1) is 17.9 Å². The molecule has 1 amide bonds. The second-order valence-corrected chi connectivity index (χ2v) is 7.92. The SMILES string of the molecule is CCOC(=O)c1nc(C)nc(-c2ccc3c(c2)CCCN3C(=O)c2ccc(O)cc2O)c1C. The molecule has 33 heavy (non-hydrogen) atoms. The number of fused-ring (bicyclic) bond motifs is 1. The molecule has 0 spiro atoms. The lowest BCUT2D eigenvalue weighted by molar-refractivity contribution is 0.0518. The number of amides is 1. The van der Waals surface area contributed by atoms with Crippen LogP contribution in [0.15, 0.2) is 36.4 Å². The maximum atomic E-state index is 13.1. The Labute approximate surface area is 191 Å². The Hall–Kier alpha value is -3.94. The van der Waals surface area contributed by atoms with E-state index in [0.717, 1.165) is 35.7 Å². The Morgan fingerprint density at radius 3 is 2.61 bits per heavy atom. The fourth-order valence-electron chi connectivity index (χ4n) is 4.11. The molecule has 0 bridgehead atoms. The number of carbonyl (C=O) groups excluding carboxylic acids is 2. The molecular weight excluding hydrogens is 422 g/mol. The second kappa shape index (κ2) is 8.90. The first-order valence-corrected chi connectivity index (χ1v) is 10.8. The monoisotopic (exact) mass is 447 g/mol. The number of aromatic nitrogens is 2. The van der Waals surface area contributed by atoms with Crippen LogP contribution in [-0.2, 0) is 11.2 Å². The molecule has 1 aliphatic heterocycles. The van der Waals surface area contributed by atoms with E-state index >= 15 is 0 Å². The summed E-state index contributed by atoms with van der Waals surface area (Å²) in [5.74, 6) is -0.714. The third-order valence-corrected chi connectivity index (χ3v) is 5.65. The van der Waals surface area contributed by atoms with Gasteiger partial charge in [-0.25, -0.2) is 14.8 Å². The topological polar surface area (TPSA) is 113 Å². The number of benzene rings is 2. The van der Waals surface area contributed by atoms with Gasteiger partial charge in [0.1, 0.15) is 17.3 Å². The molecule has 8 nitrogen and oxygen atoms in total. The molecule has 2 aromatic carbocycles. The molecule has 0 saturated heterocycles. The van der Waals surface area contributed by atoms with E-state index in [-0.39, 0.29) is 35.3 Å². The standard InChI is InChI=1S/C25H25N3O5/c1-4-33-25(32)23-14(2)22(26-15(3)27-23)17-7-10-20-16(12-17)6-5-11-28(20)24(31)19-9-8-18(29)13-21(19)30/h7-10,12-13,29-30H,4-6,11H2,1-3H3. The van der Waals surface area contributed by atoms with Gasteiger partial charge in [0, 0.05) is 29.4 Å². The molecule has 1 aromatic heterocycles. The molecule has 2 heterocycles. The van der Waals surface area contributed by atoms with Crippen molar-refractivity contribution in [2.75, 3.05) is 18.1 Å². The first-order chi connectivity index (χ1) is 15.8. The zero-order chi connectivity index (χ0) is 23.7. The third kappa shape index (κ3) is 4.24. The van der Waals surface area contributed by atoms with E-state index in [1.54, 1.807) is 25.7 Å². The van der Waals surface area contributed by atoms with Gasteiger partial charge in [0.2, 0.25) is 0 Å². The van der Waals surface area contributed by atoms with Gasteiger partial charge in [-0.2, -0.15) is 0 Å². The van der Waals surface area contributed by atoms with E-state index in [1.165, 1.54) is 12.1 Å². The van der Waals surface area contributed by atoms with Gasteiger partial charge in [-0.05, 0) is 63.4 Å². The van der Waals surface area contributed by atoms with E-state index in [0.29, 0.717) is 23.6 Å². The molecular formula is C25H25N3O5. The van der Waals surface area contributed by atoms with Gasteiger partial charge < -0.3 is 19.8 Å². The molecule has 2 N–H and O–H groups in total. The Morgan fingerprint density at radius 1 is 1.09 bits per heavy atom. The van der Waals surface area contributed by atoms with Gasteiger partial charge in [-0.3, -0.25) is 4.79 Å². The van der Waals surface area contributed by atoms with Crippen LogP contribution in [-0.4, -0.2) is 45.2 Å². The number of phenols is 2. The summed E-state index contributed by atoms with van der Waals surface area (Å²) in [4.78, 5) is 35.9. The minimum Gasteiger partial charge on any atom is -0.508 e. The zero-order valence-corrected chi connectivity index (χ0v) is 18.8. The summed E-state index contributed by atoms with van der Waals surface area (Å²) in [5.41, 5.74) is 4.21. The quantitative estimate of drug-likeness (QED) is 0.583. The van der Waals surface area contributed by atoms with Crippen molar-refractivity contribution < 1.29 is 24.5 Å². The van der Waals surface area contributed by atoms with Crippen molar-refractivity contribution in [1.29, 1.82) is 0 Å². The van der Waals surface area contributed by atoms with Gasteiger partial charge in [-0.1, -0.05) is 6.07 Å². The molecule has 0 aliphatic carbocycles. The maximum Gasteiger partial charge on any atom is 0.357 e. The molecule has 0 unspecified atom stereocenters. The highest BCUT2D eigenvalue weighted by molar-refractivity contribution is 6.08. The van der Waals surface area contributed by atoms with E-state index in [2.05, 4.69) is 9.97 Å². The number of hydrogen-bond acceptors (Lipinski definition) is 7. The fraction of sp³-hybridized carbons (Fsp3) is 0.280. The van der Waals surface area contributed by atoms with Crippen LogP contribution in [0, 0.1) is 13.8 Å². The average molecular weight is 447 g/mol. The van der Waals surface area contributed by atoms with E-state index in [9.17, 15) is 19.8 Å². The van der Waals surface area contributed by atoms with Crippen LogP contribution < -0.4 is 4.90 Å². The molecule has 0 fully saturated rings. The highest BCUT2D eigenvalue weighted by atomic mass is 16.5. The number of ether oxygens (including phenoxy) is 1. The Balaban J connectivity index is 1.72. The molecule has 3 aromatic rings. The lowest BCUT2D eigenvalue weighted by atomic mass is 9.95. The number of hydrogen-bond donors (Lipinski definition) is 2. The lowest BCUT2D eigenvalue weighted by Crippen LogP contribution is -2.35. The second-order valence-electron chi connectivity index (χ2n) is 7.92. The minimum absolute atomic E-state index is 0.106. The predicted octanol–water partition coefficient (Wildman–Crippen LogP) is 3.94. The number of phenolic OH excluding ortho intramolecular Hbond substituents is 2. The molecule has 4 rings (SSSR count). The van der Waals surface area contributed by atoms with E-state index in [4.69, 9.17) is 4.74 Å². The summed E-state index contributed by atoms with van der Waals surface area (Å²) in [6.45, 7) is 6.05. The number of carbonyl (C=O) groups is 2. The van der Waals surface area contributed by atoms with Crippen LogP contribution in [0.25, 0.3) is 11.3 Å². The lowest BCUT2D eigenvalue weighted by Gasteiger charge is -2.30. The molecule has 0 saturated carbocycles. The highest BCUT2D eigenvalue weighted by Crippen LogP contribution is 2.35. The first kappa shape index (κ1) is 22.3. The first-order valence-electron chi connectivity index (χ1n) is 10.8. The van der Waals surface area contributed by atoms with Crippen LogP contribution in [0.5, 0.6) is 11.5 Å². The van der Waals surface area contributed by atoms with Crippen molar-refractivity contribution in [3.05, 3.63) is 64.6 Å². The fourth-order valence-corrected chi connectivity index (χ4v) is 4.11. The van der Waals surface area contributed by atoms with Gasteiger partial charge in [0.15, 0.2) is 5.69 Å². The summed E-state index contributed by atoms with van der Waals surface area (Å²) in [6.07, 6.45) is 1.54. The number of aromatic hydroxyl groups is 2. The molecule has 8 heteroatoms. The van der Waals surface area contributed by atoms with Crippen LogP contribution in [0.1, 0.15) is 51.1 Å². The Bertz CT molecular complexity index is 1260. The van der Waals surface area contributed by atoms with Gasteiger partial charge in [-0.15, -0.1) is 0 Å². The molecule has 170 valence electrons. The summed E-state index contributed by atoms with van der Waals surface area (Å²) >= 11 is 0. The third-order valence-electron chi connectivity index (χ3n) is 5.65. The van der Waals surface area contributed by atoms with Crippen molar-refractivity contribution in [3.8, 4) is 22.8 Å². The largest absolute Gasteiger partial charge is 0.508 e. The summed E-state index contributed by atoms with van der Waals surface area (Å²) in [7, 11) is 0. The van der Waals surface area contributed by atoms with Crippen molar-refractivity contribution in [1.82, 2.24) is 9.97 Å². The van der Waals surface area contributed by atoms with Crippen molar-refractivity contribution in [3.63, 3.8) is 0 Å². The normalized spacial score (nSPS) is 12.9. The van der Waals surface area contributed by atoms with Crippen LogP contribution in [0.4, 0.5) is 5.69 Å². The van der Waals surface area contributed by atoms with Gasteiger partial charge >= 0.3 is 5.97 Å². The summed E-state index contributed by atoms with van der Waals surface area (Å²) in [5, 5.41) is 19.7. The van der Waals surface area contributed by atoms with E-state index < -0.39 is 5.97 Å². The maximum absolute atomic E-state index is 13.1. The minimum atomic E-state index is -0.481. The number of rotatable bonds is 4. The van der Waals surface area contributed by atoms with Gasteiger partial charge in [0.25, 0.3) is 5.91 Å². The van der Waals surface area contributed by atoms with Crippen molar-refractivity contribution in [2.45, 2.75) is 33.6 Å². The number of anilines is 1. The molecule has 1 aliphatic rings. The van der Waals surface area contributed by atoms with Crippen molar-refractivity contribution in [2.24, 2.45) is 0 Å². The van der Waals surface area contributed by atoms with Crippen molar-refractivity contribution >= 4 is 17.6 Å². The molecule has 0 radical (unpaired) electrons. The average Bonchev–Trinajstić information content (AvgIpc) is 2.79. The number of nitrogens with zero attached hydrogens (tertiary/aromatic N) is 3. The Morgan fingerprint density at radius 2 is 1.88 bits per heavy atom. The van der Waals surface area contributed by atoms with Crippen LogP contribution in [0.3, 0.4) is 0 Å². The van der Waals surface area contributed by atoms with Crippen LogP contribution in [0.2, 0.25) is 0 Å². The Kier molecular flexibility index (Phi) is 6.00. The van der Waals surface area contributed by atoms with E-state index in [1.807, 2.05) is 18.2 Å². The summed E-state index contributed by atoms with van der Waals surface area (Å²) in [6, 6.07) is 9.66. The highest BCUT2D eigenvalue weighted by Gasteiger charge is 2.26. The van der Waals surface area contributed by atoms with Crippen LogP contribution >= 0.6 is 0 Å².